The molecule has 218 valence electrons. The zero-order chi connectivity index (χ0) is 30.7. The number of carbonyl (C=O) groups excluding carboxylic acids is 1. The third-order valence-corrected chi connectivity index (χ3v) is 9.13. The van der Waals surface area contributed by atoms with Gasteiger partial charge in [0.15, 0.2) is 5.41 Å². The van der Waals surface area contributed by atoms with E-state index in [-0.39, 0.29) is 28.2 Å². The van der Waals surface area contributed by atoms with Crippen LogP contribution in [0, 0.1) is 25.6 Å². The van der Waals surface area contributed by atoms with Crippen LogP contribution in [-0.4, -0.2) is 31.7 Å². The number of benzene rings is 4. The molecule has 0 bridgehead atoms. The van der Waals surface area contributed by atoms with Crippen LogP contribution in [0.15, 0.2) is 99.2 Å². The van der Waals surface area contributed by atoms with Gasteiger partial charge in [0.1, 0.15) is 5.71 Å². The quantitative estimate of drug-likeness (QED) is 0.110. The van der Waals surface area contributed by atoms with Gasteiger partial charge < -0.3 is 10.2 Å². The summed E-state index contributed by atoms with van der Waals surface area (Å²) in [7, 11) is 0. The molecule has 5 aromatic rings. The number of nitrogens with one attached hydrogen (secondary N) is 2. The molecule has 0 amide bonds. The number of nitrogens with zero attached hydrogens (tertiary/aromatic N) is 4. The molecule has 2 N–H and O–H groups in total. The van der Waals surface area contributed by atoms with Crippen molar-refractivity contribution in [3.05, 3.63) is 136 Å². The Labute approximate surface area is 264 Å². The maximum Gasteiger partial charge on any atom is 0.350 e. The van der Waals surface area contributed by atoms with Crippen LogP contribution < -0.4 is 5.32 Å². The minimum atomic E-state index is -1.88. The first-order valence-corrected chi connectivity index (χ1v) is 14.8. The number of carbonyl (C=O) groups is 1. The lowest BCUT2D eigenvalue weighted by Crippen LogP contribution is -2.52. The van der Waals surface area contributed by atoms with Gasteiger partial charge in [-0.05, 0) is 36.4 Å². The molecule has 0 fully saturated rings. The van der Waals surface area contributed by atoms with Crippen molar-refractivity contribution in [3.8, 4) is 0 Å². The fourth-order valence-electron chi connectivity index (χ4n) is 6.43. The summed E-state index contributed by atoms with van der Waals surface area (Å²) in [6.45, 7) is 0. The Kier molecular flexibility index (Phi) is 6.55. The summed E-state index contributed by atoms with van der Waals surface area (Å²) in [4.78, 5) is 44.1. The second-order valence-corrected chi connectivity index (χ2v) is 12.2. The molecule has 3 atom stereocenters. The predicted molar refractivity (Wildman–Crippen MR) is 167 cm³/mol. The van der Waals surface area contributed by atoms with E-state index in [1.807, 2.05) is 0 Å². The maximum atomic E-state index is 14.6. The number of rotatable bonds is 5. The molecule has 1 aromatic heterocycles. The third-order valence-electron chi connectivity index (χ3n) is 8.15. The highest BCUT2D eigenvalue weighted by molar-refractivity contribution is 9.10. The second-order valence-electron chi connectivity index (χ2n) is 10.3. The number of anilines is 1. The van der Waals surface area contributed by atoms with E-state index < -0.39 is 33.2 Å². The van der Waals surface area contributed by atoms with Crippen LogP contribution in [-0.2, 0) is 9.63 Å². The number of hydrogen-bond acceptors (Lipinski definition) is 9. The highest BCUT2D eigenvalue weighted by atomic mass is 79.9. The number of halogens is 2. The van der Waals surface area contributed by atoms with Crippen molar-refractivity contribution in [2.45, 2.75) is 12.0 Å². The first-order valence-electron chi connectivity index (χ1n) is 13.2. The maximum absolute atomic E-state index is 14.6. The van der Waals surface area contributed by atoms with E-state index >= 15 is 0 Å². The molecule has 12 nitrogen and oxygen atoms in total. The molecule has 0 saturated carbocycles. The van der Waals surface area contributed by atoms with Gasteiger partial charge in [-0.2, -0.15) is 5.10 Å². The minimum absolute atomic E-state index is 0.157. The topological polar surface area (TPSA) is 166 Å². The lowest BCUT2D eigenvalue weighted by Gasteiger charge is -2.46. The minimum Gasteiger partial charge on any atom is -0.376 e. The fourth-order valence-corrected chi connectivity index (χ4v) is 7.18. The summed E-state index contributed by atoms with van der Waals surface area (Å²) in [6, 6.07) is 20.2. The van der Waals surface area contributed by atoms with Crippen molar-refractivity contribution in [1.82, 2.24) is 10.2 Å². The second kappa shape index (κ2) is 10.3. The summed E-state index contributed by atoms with van der Waals surface area (Å²) in [5.74, 6) is -1.97. The standard InChI is InChI=1S/C30H18Br2N6O6/c31-17-7-10-22(37(40)41)19(12-17)25-24-21(9-6-16-14-33-35-26(16)24)34-28(20-13-18(32)8-11-23(20)38(42)43)30(25)27(36-44-29(30)39)15-4-2-1-3-5-15/h1-14,25,28,34H,(H,33,35)/t25-,28-,30+/m0/s1. The largest absolute Gasteiger partial charge is 0.376 e. The van der Waals surface area contributed by atoms with Crippen molar-refractivity contribution in [1.29, 1.82) is 0 Å². The van der Waals surface area contributed by atoms with Gasteiger partial charge in [-0.1, -0.05) is 67.3 Å². The Morgan fingerprint density at radius 1 is 0.864 bits per heavy atom. The van der Waals surface area contributed by atoms with Gasteiger partial charge >= 0.3 is 5.97 Å². The van der Waals surface area contributed by atoms with Crippen LogP contribution in [0.5, 0.6) is 0 Å². The van der Waals surface area contributed by atoms with Crippen LogP contribution in [0.1, 0.15) is 34.2 Å². The molecular formula is C30H18Br2N6O6. The summed E-state index contributed by atoms with van der Waals surface area (Å²) >= 11 is 6.90. The number of nitro benzene ring substituents is 2. The number of oxime groups is 1. The Balaban J connectivity index is 1.68. The van der Waals surface area contributed by atoms with Gasteiger partial charge in [-0.15, -0.1) is 0 Å². The molecule has 2 aliphatic heterocycles. The smallest absolute Gasteiger partial charge is 0.350 e. The number of aromatic amines is 1. The first kappa shape index (κ1) is 27.9. The average Bonchev–Trinajstić information content (AvgIpc) is 3.62. The molecule has 0 unspecified atom stereocenters. The van der Waals surface area contributed by atoms with Gasteiger partial charge in [0.25, 0.3) is 11.4 Å². The molecule has 0 saturated heterocycles. The van der Waals surface area contributed by atoms with E-state index in [2.05, 4.69) is 52.5 Å². The van der Waals surface area contributed by atoms with E-state index in [1.165, 1.54) is 18.2 Å². The number of fused-ring (bicyclic) bond motifs is 3. The SMILES string of the molecule is O=C1ON=C(c2ccccc2)[C@@]12[C@@H](c1cc(Br)ccc1[N+](=O)[O-])c1c(ccc3cn[nH]c13)N[C@H]2c1cc(Br)ccc1[N+](=O)[O-]. The predicted octanol–water partition coefficient (Wildman–Crippen LogP) is 7.15. The highest BCUT2D eigenvalue weighted by Crippen LogP contribution is 2.62. The molecule has 14 heteroatoms. The molecule has 4 aromatic carbocycles. The summed E-state index contributed by atoms with van der Waals surface area (Å²) in [6.07, 6.45) is 1.61. The van der Waals surface area contributed by atoms with Crippen molar-refractivity contribution >= 4 is 71.5 Å². The third kappa shape index (κ3) is 4.05. The van der Waals surface area contributed by atoms with Crippen LogP contribution in [0.3, 0.4) is 0 Å². The van der Waals surface area contributed by atoms with Crippen LogP contribution >= 0.6 is 31.9 Å². The molecule has 0 aliphatic carbocycles. The monoisotopic (exact) mass is 716 g/mol. The van der Waals surface area contributed by atoms with E-state index in [4.69, 9.17) is 4.84 Å². The van der Waals surface area contributed by atoms with Crippen LogP contribution in [0.2, 0.25) is 0 Å². The van der Waals surface area contributed by atoms with Gasteiger partial charge in [0.05, 0.1) is 33.2 Å². The normalized spacial score (nSPS) is 20.6. The molecule has 2 aliphatic rings. The number of hydrogen-bond donors (Lipinski definition) is 2. The molecule has 3 heterocycles. The van der Waals surface area contributed by atoms with Gasteiger partial charge in [-0.25, -0.2) is 4.79 Å². The molecule has 44 heavy (non-hydrogen) atoms. The molecule has 1 spiro atoms. The van der Waals surface area contributed by atoms with Crippen molar-refractivity contribution in [2.75, 3.05) is 5.32 Å². The zero-order valence-corrected chi connectivity index (χ0v) is 25.4. The lowest BCUT2D eigenvalue weighted by atomic mass is 9.57. The fraction of sp³-hybridized carbons (Fsp3) is 0.100. The van der Waals surface area contributed by atoms with E-state index in [0.717, 1.165) is 0 Å². The molecular weight excluding hydrogens is 700 g/mol. The van der Waals surface area contributed by atoms with Gasteiger partial charge in [0, 0.05) is 54.8 Å². The lowest BCUT2D eigenvalue weighted by molar-refractivity contribution is -0.386. The Morgan fingerprint density at radius 2 is 1.52 bits per heavy atom. The van der Waals surface area contributed by atoms with Crippen molar-refractivity contribution < 1.29 is 19.5 Å². The van der Waals surface area contributed by atoms with Crippen LogP contribution in [0.4, 0.5) is 17.1 Å². The summed E-state index contributed by atoms with van der Waals surface area (Å²) in [5.41, 5.74) is 0.136. The molecule has 0 radical (unpaired) electrons. The van der Waals surface area contributed by atoms with E-state index in [9.17, 15) is 25.0 Å². The highest BCUT2D eigenvalue weighted by Gasteiger charge is 2.66. The zero-order valence-electron chi connectivity index (χ0n) is 22.2. The Bertz CT molecular complexity index is 2070. The number of aromatic nitrogens is 2. The molecule has 7 rings (SSSR count). The summed E-state index contributed by atoms with van der Waals surface area (Å²) in [5, 5.41) is 40.6. The van der Waals surface area contributed by atoms with E-state index in [0.29, 0.717) is 36.7 Å². The van der Waals surface area contributed by atoms with E-state index in [1.54, 1.807) is 66.9 Å². The van der Waals surface area contributed by atoms with Gasteiger partial charge in [-0.3, -0.25) is 25.3 Å². The Hall–Kier alpha value is -4.95. The van der Waals surface area contributed by atoms with Crippen LogP contribution in [0.25, 0.3) is 10.9 Å². The number of nitro groups is 2. The average molecular weight is 718 g/mol. The number of H-pyrrole nitrogens is 1. The van der Waals surface area contributed by atoms with Crippen molar-refractivity contribution in [3.63, 3.8) is 0 Å². The van der Waals surface area contributed by atoms with Gasteiger partial charge in [0.2, 0.25) is 0 Å². The Morgan fingerprint density at radius 3 is 2.20 bits per heavy atom. The first-order chi connectivity index (χ1) is 21.2. The van der Waals surface area contributed by atoms with Crippen molar-refractivity contribution in [2.24, 2.45) is 10.6 Å². The summed E-state index contributed by atoms with van der Waals surface area (Å²) < 4.78 is 1.05.